The highest BCUT2D eigenvalue weighted by molar-refractivity contribution is 5.81. The summed E-state index contributed by atoms with van der Waals surface area (Å²) in [5.74, 6) is 0. The highest BCUT2D eigenvalue weighted by atomic mass is 16.3. The van der Waals surface area contributed by atoms with Crippen LogP contribution in [0.4, 0.5) is 5.69 Å². The fourth-order valence-corrected chi connectivity index (χ4v) is 2.32. The lowest BCUT2D eigenvalue weighted by Gasteiger charge is -2.33. The Morgan fingerprint density at radius 3 is 3.19 bits per heavy atom. The van der Waals surface area contributed by atoms with Crippen LogP contribution < -0.4 is 10.2 Å². The third kappa shape index (κ3) is 1.67. The van der Waals surface area contributed by atoms with E-state index in [4.69, 9.17) is 4.42 Å². The van der Waals surface area contributed by atoms with Crippen molar-refractivity contribution in [1.82, 2.24) is 5.32 Å². The van der Waals surface area contributed by atoms with E-state index in [1.165, 1.54) is 11.1 Å². The summed E-state index contributed by atoms with van der Waals surface area (Å²) in [4.78, 5) is 2.42. The molecular weight excluding hydrogens is 200 g/mol. The monoisotopic (exact) mass is 216 g/mol. The standard InChI is InChI=1S/C13H16N2O/c1-10-9-15(6-5-14-10)12-2-3-13-11(8-12)4-7-16-13/h2-4,7-8,10,14H,5-6,9H2,1H3/t10-/m1/s1. The van der Waals surface area contributed by atoms with Crippen LogP contribution in [0, 0.1) is 0 Å². The van der Waals surface area contributed by atoms with Crippen molar-refractivity contribution >= 4 is 16.7 Å². The number of anilines is 1. The van der Waals surface area contributed by atoms with Gasteiger partial charge in [-0.05, 0) is 31.2 Å². The number of hydrogen-bond donors (Lipinski definition) is 1. The molecule has 3 rings (SSSR count). The zero-order valence-electron chi connectivity index (χ0n) is 9.44. The molecule has 1 fully saturated rings. The lowest BCUT2D eigenvalue weighted by Crippen LogP contribution is -2.49. The molecule has 0 spiro atoms. The van der Waals surface area contributed by atoms with Gasteiger partial charge in [0.25, 0.3) is 0 Å². The molecule has 0 saturated carbocycles. The number of hydrogen-bond acceptors (Lipinski definition) is 3. The van der Waals surface area contributed by atoms with Crippen LogP contribution in [0.3, 0.4) is 0 Å². The zero-order valence-corrected chi connectivity index (χ0v) is 9.44. The minimum absolute atomic E-state index is 0.564. The normalized spacial score (nSPS) is 21.6. The predicted molar refractivity (Wildman–Crippen MR) is 65.9 cm³/mol. The van der Waals surface area contributed by atoms with Crippen LogP contribution in [0.15, 0.2) is 34.9 Å². The van der Waals surface area contributed by atoms with E-state index in [-0.39, 0.29) is 0 Å². The first-order valence-corrected chi connectivity index (χ1v) is 5.78. The topological polar surface area (TPSA) is 28.4 Å². The molecule has 1 aromatic carbocycles. The maximum Gasteiger partial charge on any atom is 0.133 e. The van der Waals surface area contributed by atoms with Crippen molar-refractivity contribution in [3.63, 3.8) is 0 Å². The number of benzene rings is 1. The van der Waals surface area contributed by atoms with E-state index >= 15 is 0 Å². The second-order valence-corrected chi connectivity index (χ2v) is 4.44. The quantitative estimate of drug-likeness (QED) is 0.792. The van der Waals surface area contributed by atoms with Gasteiger partial charge in [-0.25, -0.2) is 0 Å². The Morgan fingerprint density at radius 2 is 2.31 bits per heavy atom. The van der Waals surface area contributed by atoms with Crippen molar-refractivity contribution in [2.24, 2.45) is 0 Å². The Balaban J connectivity index is 1.92. The van der Waals surface area contributed by atoms with Gasteiger partial charge < -0.3 is 14.6 Å². The fraction of sp³-hybridized carbons (Fsp3) is 0.385. The van der Waals surface area contributed by atoms with Crippen molar-refractivity contribution < 1.29 is 4.42 Å². The van der Waals surface area contributed by atoms with Crippen LogP contribution in [-0.2, 0) is 0 Å². The Bertz CT molecular complexity index is 491. The highest BCUT2D eigenvalue weighted by Crippen LogP contribution is 2.23. The molecule has 3 nitrogen and oxygen atoms in total. The van der Waals surface area contributed by atoms with Crippen LogP contribution >= 0.6 is 0 Å². The lowest BCUT2D eigenvalue weighted by molar-refractivity contribution is 0.485. The predicted octanol–water partition coefficient (Wildman–Crippen LogP) is 2.23. The van der Waals surface area contributed by atoms with Gasteiger partial charge in [-0.3, -0.25) is 0 Å². The van der Waals surface area contributed by atoms with Crippen LogP contribution in [0.25, 0.3) is 11.0 Å². The molecule has 0 unspecified atom stereocenters. The number of rotatable bonds is 1. The second kappa shape index (κ2) is 3.83. The van der Waals surface area contributed by atoms with Gasteiger partial charge in [0.05, 0.1) is 6.26 Å². The molecular formula is C13H16N2O. The van der Waals surface area contributed by atoms with E-state index in [0.29, 0.717) is 6.04 Å². The molecule has 0 amide bonds. The first-order valence-electron chi connectivity index (χ1n) is 5.78. The van der Waals surface area contributed by atoms with Gasteiger partial charge in [0.1, 0.15) is 5.58 Å². The van der Waals surface area contributed by atoms with Crippen molar-refractivity contribution in [3.8, 4) is 0 Å². The third-order valence-electron chi connectivity index (χ3n) is 3.17. The molecule has 0 aliphatic carbocycles. The minimum Gasteiger partial charge on any atom is -0.464 e. The zero-order chi connectivity index (χ0) is 11.0. The van der Waals surface area contributed by atoms with Crippen LogP contribution in [0.5, 0.6) is 0 Å². The number of fused-ring (bicyclic) bond motifs is 1. The Hall–Kier alpha value is -1.48. The Kier molecular flexibility index (Phi) is 2.33. The Morgan fingerprint density at radius 1 is 1.38 bits per heavy atom. The van der Waals surface area contributed by atoms with Crippen molar-refractivity contribution in [3.05, 3.63) is 30.5 Å². The molecule has 1 aromatic heterocycles. The summed E-state index contributed by atoms with van der Waals surface area (Å²) in [5, 5.41) is 4.64. The summed E-state index contributed by atoms with van der Waals surface area (Å²) in [5.41, 5.74) is 2.26. The summed E-state index contributed by atoms with van der Waals surface area (Å²) in [6.07, 6.45) is 1.74. The molecule has 1 atom stereocenters. The summed E-state index contributed by atoms with van der Waals surface area (Å²) in [6, 6.07) is 8.98. The summed E-state index contributed by atoms with van der Waals surface area (Å²) in [6.45, 7) is 5.43. The van der Waals surface area contributed by atoms with Crippen molar-refractivity contribution in [2.45, 2.75) is 13.0 Å². The third-order valence-corrected chi connectivity index (χ3v) is 3.17. The van der Waals surface area contributed by atoms with Gasteiger partial charge >= 0.3 is 0 Å². The molecule has 84 valence electrons. The average Bonchev–Trinajstić information content (AvgIpc) is 2.75. The lowest BCUT2D eigenvalue weighted by atomic mass is 10.1. The molecule has 0 radical (unpaired) electrons. The second-order valence-electron chi connectivity index (χ2n) is 4.44. The molecule has 16 heavy (non-hydrogen) atoms. The number of piperazine rings is 1. The average molecular weight is 216 g/mol. The fourth-order valence-electron chi connectivity index (χ4n) is 2.32. The van der Waals surface area contributed by atoms with Gasteiger partial charge in [0, 0.05) is 36.7 Å². The molecule has 1 saturated heterocycles. The Labute approximate surface area is 95.0 Å². The molecule has 1 N–H and O–H groups in total. The van der Waals surface area contributed by atoms with E-state index in [0.717, 1.165) is 25.2 Å². The molecule has 0 bridgehead atoms. The largest absolute Gasteiger partial charge is 0.464 e. The van der Waals surface area contributed by atoms with Crippen LogP contribution in [0.2, 0.25) is 0 Å². The van der Waals surface area contributed by atoms with Crippen LogP contribution in [0.1, 0.15) is 6.92 Å². The van der Waals surface area contributed by atoms with Gasteiger partial charge in [0.2, 0.25) is 0 Å². The van der Waals surface area contributed by atoms with Crippen molar-refractivity contribution in [2.75, 3.05) is 24.5 Å². The maximum atomic E-state index is 5.35. The maximum absolute atomic E-state index is 5.35. The van der Waals surface area contributed by atoms with E-state index in [9.17, 15) is 0 Å². The summed E-state index contributed by atoms with van der Waals surface area (Å²) in [7, 11) is 0. The number of nitrogens with one attached hydrogen (secondary N) is 1. The van der Waals surface area contributed by atoms with Gasteiger partial charge in [0.15, 0.2) is 0 Å². The van der Waals surface area contributed by atoms with E-state index in [1.807, 2.05) is 6.07 Å². The molecule has 2 heterocycles. The van der Waals surface area contributed by atoms with Gasteiger partial charge in [-0.1, -0.05) is 0 Å². The minimum atomic E-state index is 0.564. The van der Waals surface area contributed by atoms with E-state index in [1.54, 1.807) is 6.26 Å². The SMILES string of the molecule is C[C@@H]1CN(c2ccc3occc3c2)CCN1. The summed E-state index contributed by atoms with van der Waals surface area (Å²) >= 11 is 0. The summed E-state index contributed by atoms with van der Waals surface area (Å²) < 4.78 is 5.35. The molecule has 1 aliphatic rings. The number of nitrogens with zero attached hydrogens (tertiary/aromatic N) is 1. The van der Waals surface area contributed by atoms with E-state index < -0.39 is 0 Å². The molecule has 3 heteroatoms. The molecule has 1 aliphatic heterocycles. The molecule has 2 aromatic rings. The van der Waals surface area contributed by atoms with Gasteiger partial charge in [-0.2, -0.15) is 0 Å². The van der Waals surface area contributed by atoms with Crippen LogP contribution in [-0.4, -0.2) is 25.7 Å². The van der Waals surface area contributed by atoms with Gasteiger partial charge in [-0.15, -0.1) is 0 Å². The smallest absolute Gasteiger partial charge is 0.133 e. The first kappa shape index (κ1) is 9.73. The first-order chi connectivity index (χ1) is 7.83. The van der Waals surface area contributed by atoms with E-state index in [2.05, 4.69) is 35.3 Å². The number of furan rings is 1. The van der Waals surface area contributed by atoms with Crippen molar-refractivity contribution in [1.29, 1.82) is 0 Å². The highest BCUT2D eigenvalue weighted by Gasteiger charge is 2.16.